The van der Waals surface area contributed by atoms with Crippen LogP contribution in [0, 0.1) is 0 Å². The Labute approximate surface area is 115 Å². The van der Waals surface area contributed by atoms with Crippen molar-refractivity contribution in [3.63, 3.8) is 0 Å². The maximum Gasteiger partial charge on any atom is 0.181 e. The summed E-state index contributed by atoms with van der Waals surface area (Å²) in [4.78, 5) is 4.32. The van der Waals surface area contributed by atoms with E-state index in [1.807, 2.05) is 6.07 Å². The van der Waals surface area contributed by atoms with Gasteiger partial charge in [0.1, 0.15) is 5.69 Å². The number of nitrogens with zero attached hydrogens (tertiary/aromatic N) is 1. The molecule has 0 saturated carbocycles. The second-order valence-electron chi connectivity index (χ2n) is 5.70. The van der Waals surface area contributed by atoms with E-state index in [9.17, 15) is 0 Å². The van der Waals surface area contributed by atoms with Gasteiger partial charge in [-0.1, -0.05) is 52.0 Å². The Morgan fingerprint density at radius 1 is 1.21 bits per heavy atom. The molecule has 0 amide bonds. The lowest BCUT2D eigenvalue weighted by Crippen LogP contribution is -2.15. The number of hydrogen-bond donors (Lipinski definition) is 1. The van der Waals surface area contributed by atoms with Crippen LogP contribution in [-0.2, 0) is 12.0 Å². The molecule has 0 unspecified atom stereocenters. The van der Waals surface area contributed by atoms with Crippen molar-refractivity contribution in [2.24, 2.45) is 0 Å². The molecule has 19 heavy (non-hydrogen) atoms. The molecule has 102 valence electrons. The lowest BCUT2D eigenvalue weighted by molar-refractivity contribution is 0.558. The summed E-state index contributed by atoms with van der Waals surface area (Å²) >= 11 is 0. The van der Waals surface area contributed by atoms with E-state index >= 15 is 0 Å². The SMILES string of the molecule is CCNCc1ncoc1-c1ccccc1C(C)(C)C. The largest absolute Gasteiger partial charge is 0.443 e. The highest BCUT2D eigenvalue weighted by Gasteiger charge is 2.21. The third-order valence-electron chi connectivity index (χ3n) is 3.16. The van der Waals surface area contributed by atoms with Gasteiger partial charge in [-0.2, -0.15) is 0 Å². The minimum atomic E-state index is 0.0822. The highest BCUT2D eigenvalue weighted by atomic mass is 16.3. The molecule has 0 spiro atoms. The second-order valence-corrected chi connectivity index (χ2v) is 5.70. The summed E-state index contributed by atoms with van der Waals surface area (Å²) in [6, 6.07) is 8.39. The van der Waals surface area contributed by atoms with Gasteiger partial charge in [-0.25, -0.2) is 4.98 Å². The molecule has 3 nitrogen and oxygen atoms in total. The topological polar surface area (TPSA) is 38.1 Å². The molecular weight excluding hydrogens is 236 g/mol. The van der Waals surface area contributed by atoms with Crippen LogP contribution >= 0.6 is 0 Å². The molecule has 1 aromatic heterocycles. The molecule has 0 bridgehead atoms. The Morgan fingerprint density at radius 2 is 1.95 bits per heavy atom. The summed E-state index contributed by atoms with van der Waals surface area (Å²) in [7, 11) is 0. The first-order chi connectivity index (χ1) is 9.04. The third kappa shape index (κ3) is 3.04. The Hall–Kier alpha value is -1.61. The molecule has 1 heterocycles. The average molecular weight is 258 g/mol. The molecule has 1 N–H and O–H groups in total. The normalized spacial score (nSPS) is 11.8. The Balaban J connectivity index is 2.45. The van der Waals surface area contributed by atoms with Crippen molar-refractivity contribution in [3.8, 4) is 11.3 Å². The van der Waals surface area contributed by atoms with Gasteiger partial charge in [-0.3, -0.25) is 0 Å². The molecule has 0 atom stereocenters. The monoisotopic (exact) mass is 258 g/mol. The minimum Gasteiger partial charge on any atom is -0.443 e. The van der Waals surface area contributed by atoms with E-state index in [4.69, 9.17) is 4.42 Å². The first-order valence-corrected chi connectivity index (χ1v) is 6.77. The van der Waals surface area contributed by atoms with Gasteiger partial charge >= 0.3 is 0 Å². The second kappa shape index (κ2) is 5.57. The van der Waals surface area contributed by atoms with Crippen LogP contribution in [0.2, 0.25) is 0 Å². The third-order valence-corrected chi connectivity index (χ3v) is 3.16. The maximum absolute atomic E-state index is 5.63. The van der Waals surface area contributed by atoms with Crippen LogP contribution in [-0.4, -0.2) is 11.5 Å². The molecule has 0 fully saturated rings. The molecule has 3 heteroatoms. The predicted molar refractivity (Wildman–Crippen MR) is 78.0 cm³/mol. The van der Waals surface area contributed by atoms with Crippen molar-refractivity contribution >= 4 is 0 Å². The number of aromatic nitrogens is 1. The van der Waals surface area contributed by atoms with Crippen molar-refractivity contribution in [2.75, 3.05) is 6.54 Å². The smallest absolute Gasteiger partial charge is 0.181 e. The van der Waals surface area contributed by atoms with Crippen LogP contribution in [0.5, 0.6) is 0 Å². The summed E-state index contributed by atoms with van der Waals surface area (Å²) in [5.74, 6) is 0.881. The molecule has 0 saturated heterocycles. The van der Waals surface area contributed by atoms with E-state index in [0.717, 1.165) is 30.1 Å². The van der Waals surface area contributed by atoms with E-state index < -0.39 is 0 Å². The maximum atomic E-state index is 5.63. The first kappa shape index (κ1) is 13.8. The molecule has 1 aromatic carbocycles. The minimum absolute atomic E-state index is 0.0822. The molecule has 0 aliphatic rings. The fourth-order valence-electron chi connectivity index (χ4n) is 2.19. The van der Waals surface area contributed by atoms with E-state index in [2.05, 4.69) is 56.2 Å². The highest BCUT2D eigenvalue weighted by molar-refractivity contribution is 5.65. The number of rotatable bonds is 4. The summed E-state index contributed by atoms with van der Waals surface area (Å²) in [5.41, 5.74) is 3.47. The lowest BCUT2D eigenvalue weighted by Gasteiger charge is -2.22. The van der Waals surface area contributed by atoms with Crippen molar-refractivity contribution < 1.29 is 4.42 Å². The van der Waals surface area contributed by atoms with Gasteiger partial charge in [0.15, 0.2) is 12.2 Å². The zero-order valence-electron chi connectivity index (χ0n) is 12.2. The number of benzene rings is 1. The lowest BCUT2D eigenvalue weighted by atomic mass is 9.83. The van der Waals surface area contributed by atoms with E-state index in [1.165, 1.54) is 12.0 Å². The predicted octanol–water partition coefficient (Wildman–Crippen LogP) is 3.75. The summed E-state index contributed by atoms with van der Waals surface area (Å²) < 4.78 is 5.63. The summed E-state index contributed by atoms with van der Waals surface area (Å²) in [6.07, 6.45) is 1.53. The molecule has 2 aromatic rings. The fraction of sp³-hybridized carbons (Fsp3) is 0.438. The van der Waals surface area contributed by atoms with Gasteiger partial charge in [0, 0.05) is 12.1 Å². The van der Waals surface area contributed by atoms with Gasteiger partial charge in [0.25, 0.3) is 0 Å². The van der Waals surface area contributed by atoms with Gasteiger partial charge in [0.05, 0.1) is 0 Å². The summed E-state index contributed by atoms with van der Waals surface area (Å²) in [6.45, 7) is 10.4. The average Bonchev–Trinajstić information content (AvgIpc) is 2.83. The van der Waals surface area contributed by atoms with Crippen LogP contribution in [0.25, 0.3) is 11.3 Å². The Bertz CT molecular complexity index is 538. The molecule has 2 rings (SSSR count). The first-order valence-electron chi connectivity index (χ1n) is 6.77. The van der Waals surface area contributed by atoms with Gasteiger partial charge in [-0.15, -0.1) is 0 Å². The zero-order valence-corrected chi connectivity index (χ0v) is 12.2. The Morgan fingerprint density at radius 3 is 2.63 bits per heavy atom. The van der Waals surface area contributed by atoms with Crippen LogP contribution in [0.4, 0.5) is 0 Å². The van der Waals surface area contributed by atoms with E-state index in [-0.39, 0.29) is 5.41 Å². The van der Waals surface area contributed by atoms with E-state index in [1.54, 1.807) is 0 Å². The van der Waals surface area contributed by atoms with E-state index in [0.29, 0.717) is 0 Å². The van der Waals surface area contributed by atoms with Crippen LogP contribution in [0.3, 0.4) is 0 Å². The van der Waals surface area contributed by atoms with Crippen molar-refractivity contribution in [2.45, 2.75) is 39.7 Å². The molecule has 0 aliphatic heterocycles. The van der Waals surface area contributed by atoms with Gasteiger partial charge in [0.2, 0.25) is 0 Å². The van der Waals surface area contributed by atoms with Crippen molar-refractivity contribution in [1.82, 2.24) is 10.3 Å². The number of hydrogen-bond acceptors (Lipinski definition) is 3. The Kier molecular flexibility index (Phi) is 4.05. The van der Waals surface area contributed by atoms with Gasteiger partial charge in [-0.05, 0) is 17.5 Å². The van der Waals surface area contributed by atoms with Crippen LogP contribution < -0.4 is 5.32 Å². The highest BCUT2D eigenvalue weighted by Crippen LogP contribution is 2.34. The van der Waals surface area contributed by atoms with Crippen LogP contribution in [0.1, 0.15) is 39.0 Å². The standard InChI is InChI=1S/C16H22N2O/c1-5-17-10-14-15(19-11-18-14)12-8-6-7-9-13(12)16(2,3)4/h6-9,11,17H,5,10H2,1-4H3. The van der Waals surface area contributed by atoms with Crippen molar-refractivity contribution in [1.29, 1.82) is 0 Å². The number of nitrogens with one attached hydrogen (secondary N) is 1. The summed E-state index contributed by atoms with van der Waals surface area (Å²) in [5, 5.41) is 3.30. The molecule has 0 aliphatic carbocycles. The van der Waals surface area contributed by atoms with Crippen LogP contribution in [0.15, 0.2) is 35.1 Å². The van der Waals surface area contributed by atoms with Gasteiger partial charge < -0.3 is 9.73 Å². The molecular formula is C16H22N2O. The zero-order chi connectivity index (χ0) is 13.9. The quantitative estimate of drug-likeness (QED) is 0.907. The fourth-order valence-corrected chi connectivity index (χ4v) is 2.19. The number of oxazole rings is 1. The molecule has 0 radical (unpaired) electrons. The van der Waals surface area contributed by atoms with Crippen molar-refractivity contribution in [3.05, 3.63) is 41.9 Å².